The average molecular weight is 1050 g/mol. The quantitative estimate of drug-likeness (QED) is 0.0611. The highest BCUT2D eigenvalue weighted by Gasteiger charge is 2.45. The Balaban J connectivity index is 1.16. The van der Waals surface area contributed by atoms with Crippen LogP contribution in [0.15, 0.2) is 77.7 Å². The van der Waals surface area contributed by atoms with Crippen molar-refractivity contribution in [1.29, 1.82) is 5.26 Å². The Bertz CT molecular complexity index is 2850. The fourth-order valence-electron chi connectivity index (χ4n) is 7.22. The molecule has 1 saturated heterocycles. The first-order valence-corrected chi connectivity index (χ1v) is 24.3. The van der Waals surface area contributed by atoms with Gasteiger partial charge in [-0.1, -0.05) is 35.5 Å². The number of pyridine rings is 1. The molecule has 1 fully saturated rings. The number of nitrogens with one attached hydrogen (secondary N) is 1. The standard InChI is InChI=1S/C43H47BrFN7O14S2/c1-24-28(6-4-7-31(24)32-8-5-9-34(25(32)2)65-23-30-19-52(50-49-30)43-42(56)41(55)40(54)37(13-45)66-43)22-64-36-12-35(63-21-27-10-26(14-46)15-47-16-27)29(11-33(36)44)18-51(3)20-38(53)48-17-39(67(57,58)59)68(60,61)62/h4-12,15-16,19,37,39-43,54-56H,13,17-18,20-23H2,1-3H3,(H,48,53)(H,57,58,59)(H,60,61,62)/t37-,40-,41+,42-,43-/m1/s1. The van der Waals surface area contributed by atoms with Gasteiger partial charge in [0.25, 0.3) is 20.2 Å². The summed E-state index contributed by atoms with van der Waals surface area (Å²) in [6, 6.07) is 18.4. The van der Waals surface area contributed by atoms with Gasteiger partial charge >= 0.3 is 0 Å². The summed E-state index contributed by atoms with van der Waals surface area (Å²) in [6.07, 6.45) is -3.14. The second-order valence-corrected chi connectivity index (χ2v) is 20.1. The molecule has 0 radical (unpaired) electrons. The average Bonchev–Trinajstić information content (AvgIpc) is 3.75. The van der Waals surface area contributed by atoms with E-state index in [2.05, 4.69) is 36.5 Å². The number of benzene rings is 3. The molecule has 364 valence electrons. The number of alkyl halides is 1. The molecule has 6 N–H and O–H groups in total. The molecule has 25 heteroatoms. The molecule has 0 bridgehead atoms. The second-order valence-electron chi connectivity index (χ2n) is 15.8. The Morgan fingerprint density at radius 1 is 0.912 bits per heavy atom. The van der Waals surface area contributed by atoms with Crippen LogP contribution in [-0.2, 0) is 56.1 Å². The predicted molar refractivity (Wildman–Crippen MR) is 242 cm³/mol. The van der Waals surface area contributed by atoms with Gasteiger partial charge in [0, 0.05) is 36.1 Å². The molecule has 1 aliphatic heterocycles. The molecule has 0 unspecified atom stereocenters. The SMILES string of the molecule is Cc1c(COc2cc(OCc3cncc(C#N)c3)c(CN(C)CC(=O)NCC(S(=O)(=O)O)S(=O)(=O)O)cc2Br)cccc1-c1cccc(OCc2cn([C@@H]3O[C@H](CF)[C@@H](O)[C@H](O)[C@H]3O)nn2)c1C. The predicted octanol–water partition coefficient (Wildman–Crippen LogP) is 2.93. The van der Waals surface area contributed by atoms with E-state index in [9.17, 15) is 55.7 Å². The topological polar surface area (TPSA) is 306 Å². The van der Waals surface area contributed by atoms with Crippen LogP contribution in [0.2, 0.25) is 0 Å². The van der Waals surface area contributed by atoms with E-state index < -0.39 is 74.6 Å². The van der Waals surface area contributed by atoms with Crippen LogP contribution in [0.1, 0.15) is 45.3 Å². The molecule has 3 aromatic carbocycles. The van der Waals surface area contributed by atoms with Gasteiger partial charge in [-0.25, -0.2) is 9.07 Å². The van der Waals surface area contributed by atoms with Crippen LogP contribution in [0.4, 0.5) is 4.39 Å². The molecule has 6 rings (SSSR count). The number of carbonyl (C=O) groups is 1. The Labute approximate surface area is 398 Å². The van der Waals surface area contributed by atoms with Crippen molar-refractivity contribution in [2.45, 2.75) is 75.4 Å². The zero-order chi connectivity index (χ0) is 49.5. The number of halogens is 2. The van der Waals surface area contributed by atoms with Crippen molar-refractivity contribution in [2.75, 3.05) is 26.8 Å². The zero-order valence-corrected chi connectivity index (χ0v) is 39.7. The number of ether oxygens (including phenoxy) is 4. The molecule has 5 aromatic rings. The number of carbonyl (C=O) groups excluding carboxylic acids is 1. The zero-order valence-electron chi connectivity index (χ0n) is 36.5. The first-order valence-electron chi connectivity index (χ1n) is 20.5. The first kappa shape index (κ1) is 51.7. The lowest BCUT2D eigenvalue weighted by molar-refractivity contribution is -0.250. The highest BCUT2D eigenvalue weighted by atomic mass is 79.9. The maximum Gasteiger partial charge on any atom is 0.286 e. The maximum atomic E-state index is 13.4. The van der Waals surface area contributed by atoms with Gasteiger partial charge in [0.1, 0.15) is 79.9 Å². The third-order valence-corrected chi connectivity index (χ3v) is 14.6. The highest BCUT2D eigenvalue weighted by molar-refractivity contribution is 9.10. The number of likely N-dealkylation sites (N-methyl/N-ethyl adjacent to an activating group) is 1. The first-order chi connectivity index (χ1) is 32.2. The van der Waals surface area contributed by atoms with Crippen LogP contribution in [0.5, 0.6) is 17.2 Å². The molecule has 0 aliphatic carbocycles. The van der Waals surface area contributed by atoms with Crippen LogP contribution in [-0.4, -0.2) is 128 Å². The maximum absolute atomic E-state index is 13.4. The number of rotatable bonds is 20. The van der Waals surface area contributed by atoms with E-state index in [1.54, 1.807) is 37.5 Å². The molecular formula is C43H47BrFN7O14S2. The van der Waals surface area contributed by atoms with Crippen LogP contribution in [0.3, 0.4) is 0 Å². The lowest BCUT2D eigenvalue weighted by atomic mass is 9.93. The fraction of sp³-hybridized carbons (Fsp3) is 0.372. The number of nitrogens with zero attached hydrogens (tertiary/aromatic N) is 6. The van der Waals surface area contributed by atoms with Gasteiger partial charge in [-0.3, -0.25) is 23.8 Å². The van der Waals surface area contributed by atoms with Crippen molar-refractivity contribution >= 4 is 42.1 Å². The molecule has 3 heterocycles. The minimum absolute atomic E-state index is 0.00475. The van der Waals surface area contributed by atoms with E-state index in [4.69, 9.17) is 18.9 Å². The molecule has 5 atom stereocenters. The summed E-state index contributed by atoms with van der Waals surface area (Å²) in [7, 11) is -8.96. The highest BCUT2D eigenvalue weighted by Crippen LogP contribution is 2.37. The number of aliphatic hydroxyl groups excluding tert-OH is 3. The Morgan fingerprint density at radius 2 is 1.59 bits per heavy atom. The van der Waals surface area contributed by atoms with Gasteiger partial charge in [-0.05, 0) is 82.8 Å². The van der Waals surface area contributed by atoms with Crippen molar-refractivity contribution in [1.82, 2.24) is 30.2 Å². The van der Waals surface area contributed by atoms with Crippen molar-refractivity contribution in [3.05, 3.63) is 117 Å². The number of aromatic nitrogens is 4. The minimum atomic E-state index is -5.26. The molecule has 0 spiro atoms. The van der Waals surface area contributed by atoms with Gasteiger partial charge in [0.2, 0.25) is 10.5 Å². The van der Waals surface area contributed by atoms with Crippen molar-refractivity contribution in [3.63, 3.8) is 0 Å². The molecule has 2 aromatic heterocycles. The van der Waals surface area contributed by atoms with Crippen molar-refractivity contribution < 1.29 is 69.4 Å². The van der Waals surface area contributed by atoms with Crippen molar-refractivity contribution in [2.24, 2.45) is 0 Å². The normalized spacial score (nSPS) is 18.6. The molecule has 1 amide bonds. The number of hydrogen-bond donors (Lipinski definition) is 6. The van der Waals surface area contributed by atoms with Gasteiger partial charge < -0.3 is 39.6 Å². The summed E-state index contributed by atoms with van der Waals surface area (Å²) >= 11 is 3.58. The summed E-state index contributed by atoms with van der Waals surface area (Å²) in [5.74, 6) is 0.458. The third kappa shape index (κ3) is 12.7. The summed E-state index contributed by atoms with van der Waals surface area (Å²) in [5, 5.41) is 50.2. The van der Waals surface area contributed by atoms with E-state index in [-0.39, 0.29) is 32.9 Å². The largest absolute Gasteiger partial charge is 0.488 e. The smallest absolute Gasteiger partial charge is 0.286 e. The number of amides is 1. The molecule has 0 saturated carbocycles. The van der Waals surface area contributed by atoms with Crippen LogP contribution >= 0.6 is 15.9 Å². The molecule has 1 aliphatic rings. The van der Waals surface area contributed by atoms with Gasteiger partial charge in [0.15, 0.2) is 6.23 Å². The van der Waals surface area contributed by atoms with Gasteiger partial charge in [-0.2, -0.15) is 22.1 Å². The van der Waals surface area contributed by atoms with Gasteiger partial charge in [-0.15, -0.1) is 5.10 Å². The summed E-state index contributed by atoms with van der Waals surface area (Å²) in [5.41, 5.74) is 6.17. The lowest BCUT2D eigenvalue weighted by Gasteiger charge is -2.39. The number of hydrogen-bond acceptors (Lipinski definition) is 17. The van der Waals surface area contributed by atoms with E-state index in [1.165, 1.54) is 17.3 Å². The van der Waals surface area contributed by atoms with Crippen LogP contribution in [0, 0.1) is 25.2 Å². The summed E-state index contributed by atoms with van der Waals surface area (Å²) in [4.78, 5) is 18.3. The second kappa shape index (κ2) is 22.2. The Kier molecular flexibility index (Phi) is 16.9. The Hall–Kier alpha value is -5.66. The summed E-state index contributed by atoms with van der Waals surface area (Å²) in [6.45, 7) is 1.45. The van der Waals surface area contributed by atoms with E-state index in [0.717, 1.165) is 32.5 Å². The summed E-state index contributed by atoms with van der Waals surface area (Å²) < 4.78 is 101. The van der Waals surface area contributed by atoms with Crippen molar-refractivity contribution in [3.8, 4) is 34.4 Å². The fourth-order valence-corrected chi connectivity index (χ4v) is 9.55. The van der Waals surface area contributed by atoms with Crippen LogP contribution < -0.4 is 19.5 Å². The lowest BCUT2D eigenvalue weighted by Crippen LogP contribution is -2.56. The molecule has 21 nitrogen and oxygen atoms in total. The third-order valence-electron chi connectivity index (χ3n) is 10.9. The molecule has 68 heavy (non-hydrogen) atoms. The number of aliphatic hydroxyl groups is 3. The van der Waals surface area contributed by atoms with E-state index in [1.807, 2.05) is 50.2 Å². The minimum Gasteiger partial charge on any atom is -0.488 e. The van der Waals surface area contributed by atoms with Gasteiger partial charge in [0.05, 0.1) is 29.3 Å². The van der Waals surface area contributed by atoms with Crippen LogP contribution in [0.25, 0.3) is 11.1 Å². The monoisotopic (exact) mass is 1050 g/mol. The number of nitriles is 1. The molecular weight excluding hydrogens is 1000 g/mol. The Morgan fingerprint density at radius 3 is 2.28 bits per heavy atom. The van der Waals surface area contributed by atoms with E-state index >= 15 is 0 Å². The van der Waals surface area contributed by atoms with E-state index in [0.29, 0.717) is 44.1 Å².